The van der Waals surface area contributed by atoms with Crippen molar-refractivity contribution in [1.29, 1.82) is 0 Å². The molecule has 2 heteroatoms. The van der Waals surface area contributed by atoms with Crippen LogP contribution in [0.25, 0.3) is 0 Å². The van der Waals surface area contributed by atoms with Crippen LogP contribution in [0.3, 0.4) is 0 Å². The van der Waals surface area contributed by atoms with Gasteiger partial charge in [0.15, 0.2) is 0 Å². The van der Waals surface area contributed by atoms with Gasteiger partial charge in [0, 0.05) is 25.9 Å². The average Bonchev–Trinajstić information content (AvgIpc) is 2.78. The highest BCUT2D eigenvalue weighted by Crippen LogP contribution is 2.42. The van der Waals surface area contributed by atoms with E-state index >= 15 is 0 Å². The van der Waals surface area contributed by atoms with Gasteiger partial charge in [-0.25, -0.2) is 0 Å². The minimum Gasteiger partial charge on any atom is -0.300 e. The Balaban J connectivity index is 1.60. The lowest BCUT2D eigenvalue weighted by Gasteiger charge is -2.32. The Labute approximate surface area is 109 Å². The molecule has 2 aliphatic rings. The summed E-state index contributed by atoms with van der Waals surface area (Å²) < 4.78 is 0. The number of carbonyl (C=O) groups is 1. The minimum atomic E-state index is 0.461. The van der Waals surface area contributed by atoms with Gasteiger partial charge in [0.1, 0.15) is 5.78 Å². The van der Waals surface area contributed by atoms with Gasteiger partial charge in [0.05, 0.1) is 0 Å². The van der Waals surface area contributed by atoms with E-state index in [1.54, 1.807) is 0 Å². The van der Waals surface area contributed by atoms with Crippen molar-refractivity contribution in [2.24, 2.45) is 5.41 Å². The zero-order chi connectivity index (χ0) is 12.4. The number of hydrogen-bond acceptors (Lipinski definition) is 2. The fraction of sp³-hybridized carbons (Fsp3) is 0.562. The molecule has 1 saturated carbocycles. The Bertz CT molecular complexity index is 416. The highest BCUT2D eigenvalue weighted by molar-refractivity contribution is 5.79. The summed E-state index contributed by atoms with van der Waals surface area (Å²) >= 11 is 0. The van der Waals surface area contributed by atoms with Gasteiger partial charge in [-0.1, -0.05) is 30.3 Å². The Morgan fingerprint density at radius 2 is 1.78 bits per heavy atom. The SMILES string of the molecule is O=C1CCC2(CC1)CCN(Cc1ccccc1)C2. The first-order valence-corrected chi connectivity index (χ1v) is 7.04. The van der Waals surface area contributed by atoms with Gasteiger partial charge in [0.25, 0.3) is 0 Å². The van der Waals surface area contributed by atoms with E-state index in [0.717, 1.165) is 32.2 Å². The van der Waals surface area contributed by atoms with Crippen LogP contribution in [0.15, 0.2) is 30.3 Å². The zero-order valence-electron chi connectivity index (χ0n) is 10.9. The average molecular weight is 243 g/mol. The fourth-order valence-corrected chi connectivity index (χ4v) is 3.47. The first-order valence-electron chi connectivity index (χ1n) is 7.04. The molecule has 96 valence electrons. The molecule has 18 heavy (non-hydrogen) atoms. The topological polar surface area (TPSA) is 20.3 Å². The number of nitrogens with zero attached hydrogens (tertiary/aromatic N) is 1. The molecule has 2 fully saturated rings. The number of benzene rings is 1. The molecule has 0 N–H and O–H groups in total. The van der Waals surface area contributed by atoms with E-state index in [0.29, 0.717) is 11.2 Å². The summed E-state index contributed by atoms with van der Waals surface area (Å²) in [6, 6.07) is 10.7. The summed E-state index contributed by atoms with van der Waals surface area (Å²) in [5.74, 6) is 0.474. The lowest BCUT2D eigenvalue weighted by Crippen LogP contribution is -2.31. The molecule has 0 bridgehead atoms. The van der Waals surface area contributed by atoms with E-state index in [4.69, 9.17) is 0 Å². The number of likely N-dealkylation sites (tertiary alicyclic amines) is 1. The Morgan fingerprint density at radius 1 is 1.06 bits per heavy atom. The smallest absolute Gasteiger partial charge is 0.132 e. The fourth-order valence-electron chi connectivity index (χ4n) is 3.47. The van der Waals surface area contributed by atoms with Crippen molar-refractivity contribution < 1.29 is 4.79 Å². The van der Waals surface area contributed by atoms with Crippen LogP contribution in [0.2, 0.25) is 0 Å². The maximum Gasteiger partial charge on any atom is 0.132 e. The van der Waals surface area contributed by atoms with Crippen molar-refractivity contribution >= 4 is 5.78 Å². The van der Waals surface area contributed by atoms with Crippen LogP contribution < -0.4 is 0 Å². The van der Waals surface area contributed by atoms with Gasteiger partial charge in [-0.2, -0.15) is 0 Å². The lowest BCUT2D eigenvalue weighted by molar-refractivity contribution is -0.122. The Hall–Kier alpha value is -1.15. The summed E-state index contributed by atoms with van der Waals surface area (Å²) in [7, 11) is 0. The molecule has 0 amide bonds. The van der Waals surface area contributed by atoms with E-state index in [1.807, 2.05) is 0 Å². The molecule has 0 aromatic heterocycles. The van der Waals surface area contributed by atoms with Crippen LogP contribution in [0, 0.1) is 5.41 Å². The van der Waals surface area contributed by atoms with Gasteiger partial charge in [0.2, 0.25) is 0 Å². The monoisotopic (exact) mass is 243 g/mol. The molecule has 1 spiro atoms. The molecule has 0 atom stereocenters. The van der Waals surface area contributed by atoms with Gasteiger partial charge >= 0.3 is 0 Å². The summed E-state index contributed by atoms with van der Waals surface area (Å²) in [6.45, 7) is 3.45. The molecule has 0 radical (unpaired) electrons. The Kier molecular flexibility index (Phi) is 3.21. The summed E-state index contributed by atoms with van der Waals surface area (Å²) in [5.41, 5.74) is 1.87. The van der Waals surface area contributed by atoms with Gasteiger partial charge in [-0.15, -0.1) is 0 Å². The van der Waals surface area contributed by atoms with Crippen LogP contribution >= 0.6 is 0 Å². The molecule has 2 nitrogen and oxygen atoms in total. The maximum atomic E-state index is 11.4. The number of hydrogen-bond donors (Lipinski definition) is 0. The van der Waals surface area contributed by atoms with Crippen LogP contribution in [0.1, 0.15) is 37.7 Å². The largest absolute Gasteiger partial charge is 0.300 e. The third kappa shape index (κ3) is 2.49. The minimum absolute atomic E-state index is 0.461. The standard InChI is InChI=1S/C16H21NO/c18-15-6-8-16(9-7-15)10-11-17(13-16)12-14-4-2-1-3-5-14/h1-5H,6-13H2. The van der Waals surface area contributed by atoms with Gasteiger partial charge < -0.3 is 0 Å². The normalized spacial score (nSPS) is 23.7. The first-order chi connectivity index (χ1) is 8.76. The van der Waals surface area contributed by atoms with E-state index in [2.05, 4.69) is 35.2 Å². The lowest BCUT2D eigenvalue weighted by atomic mass is 9.73. The molecule has 1 aliphatic heterocycles. The second-order valence-electron chi connectivity index (χ2n) is 5.98. The molecule has 3 rings (SSSR count). The highest BCUT2D eigenvalue weighted by atomic mass is 16.1. The third-order valence-electron chi connectivity index (χ3n) is 4.63. The molecular weight excluding hydrogens is 222 g/mol. The first kappa shape index (κ1) is 11.9. The van der Waals surface area contributed by atoms with E-state index in [1.165, 1.54) is 25.1 Å². The van der Waals surface area contributed by atoms with Crippen molar-refractivity contribution in [2.75, 3.05) is 13.1 Å². The van der Waals surface area contributed by atoms with Crippen molar-refractivity contribution in [1.82, 2.24) is 4.90 Å². The Morgan fingerprint density at radius 3 is 2.50 bits per heavy atom. The summed E-state index contributed by atoms with van der Waals surface area (Å²) in [4.78, 5) is 13.9. The summed E-state index contributed by atoms with van der Waals surface area (Å²) in [5, 5.41) is 0. The zero-order valence-corrected chi connectivity index (χ0v) is 10.9. The van der Waals surface area contributed by atoms with E-state index < -0.39 is 0 Å². The maximum absolute atomic E-state index is 11.4. The number of Topliss-reactive ketones (excluding diaryl/α,β-unsaturated/α-hetero) is 1. The van der Waals surface area contributed by atoms with Gasteiger partial charge in [-0.3, -0.25) is 9.69 Å². The number of ketones is 1. The predicted molar refractivity (Wildman–Crippen MR) is 72.2 cm³/mol. The molecule has 1 aromatic carbocycles. The van der Waals surface area contributed by atoms with Crippen molar-refractivity contribution in [3.05, 3.63) is 35.9 Å². The molecule has 1 saturated heterocycles. The highest BCUT2D eigenvalue weighted by Gasteiger charge is 2.40. The van der Waals surface area contributed by atoms with Crippen LogP contribution in [-0.2, 0) is 11.3 Å². The molecule has 0 unspecified atom stereocenters. The van der Waals surface area contributed by atoms with Crippen molar-refractivity contribution in [3.63, 3.8) is 0 Å². The third-order valence-corrected chi connectivity index (χ3v) is 4.63. The number of carbonyl (C=O) groups excluding carboxylic acids is 1. The van der Waals surface area contributed by atoms with E-state index in [-0.39, 0.29) is 0 Å². The molecular formula is C16H21NO. The second-order valence-corrected chi connectivity index (χ2v) is 5.98. The van der Waals surface area contributed by atoms with Crippen LogP contribution in [0.5, 0.6) is 0 Å². The van der Waals surface area contributed by atoms with Crippen molar-refractivity contribution in [2.45, 2.75) is 38.6 Å². The second kappa shape index (κ2) is 4.85. The summed E-state index contributed by atoms with van der Waals surface area (Å²) in [6.07, 6.45) is 5.17. The predicted octanol–water partition coefficient (Wildman–Crippen LogP) is 3.02. The van der Waals surface area contributed by atoms with E-state index in [9.17, 15) is 4.79 Å². The van der Waals surface area contributed by atoms with Gasteiger partial charge in [-0.05, 0) is 36.8 Å². The number of rotatable bonds is 2. The molecule has 1 heterocycles. The van der Waals surface area contributed by atoms with Crippen LogP contribution in [-0.4, -0.2) is 23.8 Å². The van der Waals surface area contributed by atoms with Crippen molar-refractivity contribution in [3.8, 4) is 0 Å². The van der Waals surface area contributed by atoms with Crippen LogP contribution in [0.4, 0.5) is 0 Å². The quantitative estimate of drug-likeness (QED) is 0.795. The molecule has 1 aromatic rings. The molecule has 1 aliphatic carbocycles.